The lowest BCUT2D eigenvalue weighted by Gasteiger charge is -2.31. The molecule has 7 heteroatoms. The fourth-order valence-electron chi connectivity index (χ4n) is 2.48. The van der Waals surface area contributed by atoms with E-state index in [4.69, 9.17) is 9.26 Å². The zero-order valence-electron chi connectivity index (χ0n) is 11.8. The molecule has 1 aliphatic rings. The van der Waals surface area contributed by atoms with Gasteiger partial charge in [0.15, 0.2) is 6.61 Å². The van der Waals surface area contributed by atoms with Crippen LogP contribution in [0.2, 0.25) is 0 Å². The van der Waals surface area contributed by atoms with Crippen LogP contribution in [0.4, 0.5) is 0 Å². The van der Waals surface area contributed by atoms with Crippen molar-refractivity contribution in [2.24, 2.45) is 0 Å². The highest BCUT2D eigenvalue weighted by Crippen LogP contribution is 2.28. The lowest BCUT2D eigenvalue weighted by atomic mass is 9.99. The average molecular weight is 307 g/mol. The number of thiazole rings is 1. The van der Waals surface area contributed by atoms with Crippen molar-refractivity contribution >= 4 is 17.2 Å². The van der Waals surface area contributed by atoms with Crippen LogP contribution in [0.5, 0.6) is 5.88 Å². The van der Waals surface area contributed by atoms with Crippen LogP contribution in [-0.2, 0) is 4.79 Å². The van der Waals surface area contributed by atoms with Gasteiger partial charge in [0.05, 0.1) is 5.01 Å². The van der Waals surface area contributed by atoms with Crippen molar-refractivity contribution < 1.29 is 14.1 Å². The number of piperidine rings is 1. The van der Waals surface area contributed by atoms with E-state index in [1.165, 1.54) is 0 Å². The standard InChI is InChI=1S/C14H17N3O3S/c1-10-7-12(16-20-10)19-9-13(18)17-5-2-3-11(8-17)14-15-4-6-21-14/h4,6-7,11H,2-3,5,8-9H2,1H3/t11-/m0/s1. The molecule has 0 aromatic carbocycles. The number of nitrogens with zero attached hydrogens (tertiary/aromatic N) is 3. The molecule has 1 fully saturated rings. The van der Waals surface area contributed by atoms with Gasteiger partial charge in [-0.1, -0.05) is 0 Å². The highest BCUT2D eigenvalue weighted by molar-refractivity contribution is 7.09. The average Bonchev–Trinajstić information content (AvgIpc) is 3.16. The van der Waals surface area contributed by atoms with E-state index in [0.717, 1.165) is 24.4 Å². The minimum absolute atomic E-state index is 0.00341. The Kier molecular flexibility index (Phi) is 4.19. The Bertz CT molecular complexity index is 596. The second kappa shape index (κ2) is 6.26. The molecule has 112 valence electrons. The van der Waals surface area contributed by atoms with Crippen LogP contribution in [0.1, 0.15) is 29.5 Å². The van der Waals surface area contributed by atoms with Crippen LogP contribution in [-0.4, -0.2) is 40.6 Å². The van der Waals surface area contributed by atoms with Crippen molar-refractivity contribution in [3.05, 3.63) is 28.4 Å². The number of likely N-dealkylation sites (tertiary alicyclic amines) is 1. The molecule has 1 saturated heterocycles. The number of amides is 1. The van der Waals surface area contributed by atoms with Crippen molar-refractivity contribution in [1.82, 2.24) is 15.0 Å². The van der Waals surface area contributed by atoms with E-state index in [1.54, 1.807) is 24.3 Å². The van der Waals surface area contributed by atoms with Gasteiger partial charge in [0.1, 0.15) is 5.76 Å². The van der Waals surface area contributed by atoms with Gasteiger partial charge in [-0.05, 0) is 24.9 Å². The molecule has 6 nitrogen and oxygen atoms in total. The molecule has 3 rings (SSSR count). The summed E-state index contributed by atoms with van der Waals surface area (Å²) in [6, 6.07) is 1.67. The minimum atomic E-state index is -0.0168. The van der Waals surface area contributed by atoms with Gasteiger partial charge >= 0.3 is 0 Å². The van der Waals surface area contributed by atoms with Crippen molar-refractivity contribution in [3.63, 3.8) is 0 Å². The van der Waals surface area contributed by atoms with Crippen LogP contribution >= 0.6 is 11.3 Å². The summed E-state index contributed by atoms with van der Waals surface area (Å²) in [6.07, 6.45) is 3.90. The molecule has 21 heavy (non-hydrogen) atoms. The van der Waals surface area contributed by atoms with E-state index in [2.05, 4.69) is 10.1 Å². The van der Waals surface area contributed by atoms with Crippen molar-refractivity contribution in [2.45, 2.75) is 25.7 Å². The van der Waals surface area contributed by atoms with Gasteiger partial charge in [0.25, 0.3) is 11.8 Å². The van der Waals surface area contributed by atoms with Crippen LogP contribution in [0.15, 0.2) is 22.2 Å². The maximum absolute atomic E-state index is 12.2. The summed E-state index contributed by atoms with van der Waals surface area (Å²) in [7, 11) is 0. The van der Waals surface area contributed by atoms with Gasteiger partial charge in [-0.2, -0.15) is 0 Å². The number of rotatable bonds is 4. The van der Waals surface area contributed by atoms with Crippen molar-refractivity contribution in [1.29, 1.82) is 0 Å². The maximum atomic E-state index is 12.2. The number of hydrogen-bond donors (Lipinski definition) is 0. The molecule has 1 atom stereocenters. The fraction of sp³-hybridized carbons (Fsp3) is 0.500. The first-order valence-corrected chi connectivity index (χ1v) is 7.83. The Balaban J connectivity index is 1.54. The summed E-state index contributed by atoms with van der Waals surface area (Å²) >= 11 is 1.65. The summed E-state index contributed by atoms with van der Waals surface area (Å²) < 4.78 is 10.3. The molecule has 3 heterocycles. The summed E-state index contributed by atoms with van der Waals surface area (Å²) in [5.41, 5.74) is 0. The van der Waals surface area contributed by atoms with Crippen LogP contribution in [0.3, 0.4) is 0 Å². The number of ether oxygens (including phenoxy) is 1. The Morgan fingerprint density at radius 1 is 1.62 bits per heavy atom. The number of carbonyl (C=O) groups is 1. The molecule has 1 aliphatic heterocycles. The summed E-state index contributed by atoms with van der Waals surface area (Å²) in [4.78, 5) is 18.4. The van der Waals surface area contributed by atoms with Gasteiger partial charge in [0, 0.05) is 36.7 Å². The van der Waals surface area contributed by atoms with Crippen LogP contribution < -0.4 is 4.74 Å². The molecule has 0 aliphatic carbocycles. The first kappa shape index (κ1) is 14.1. The third-order valence-electron chi connectivity index (χ3n) is 3.52. The lowest BCUT2D eigenvalue weighted by Crippen LogP contribution is -2.41. The van der Waals surface area contributed by atoms with E-state index in [0.29, 0.717) is 24.1 Å². The highest BCUT2D eigenvalue weighted by Gasteiger charge is 2.26. The number of aryl methyl sites for hydroxylation is 1. The number of aromatic nitrogens is 2. The predicted molar refractivity (Wildman–Crippen MR) is 77.4 cm³/mol. The molecule has 0 radical (unpaired) electrons. The molecule has 0 unspecified atom stereocenters. The number of hydrogen-bond acceptors (Lipinski definition) is 6. The zero-order chi connectivity index (χ0) is 14.7. The third-order valence-corrected chi connectivity index (χ3v) is 4.46. The van der Waals surface area contributed by atoms with Gasteiger partial charge in [-0.3, -0.25) is 4.79 Å². The topological polar surface area (TPSA) is 68.5 Å². The van der Waals surface area contributed by atoms with Crippen LogP contribution in [0.25, 0.3) is 0 Å². The van der Waals surface area contributed by atoms with E-state index in [1.807, 2.05) is 16.5 Å². The van der Waals surface area contributed by atoms with E-state index < -0.39 is 0 Å². The monoisotopic (exact) mass is 307 g/mol. The fourth-order valence-corrected chi connectivity index (χ4v) is 3.25. The summed E-state index contributed by atoms with van der Waals surface area (Å²) in [6.45, 7) is 3.27. The van der Waals surface area contributed by atoms with Gasteiger partial charge in [0.2, 0.25) is 0 Å². The van der Waals surface area contributed by atoms with Crippen molar-refractivity contribution in [2.75, 3.05) is 19.7 Å². The Morgan fingerprint density at radius 3 is 3.24 bits per heavy atom. The second-order valence-corrected chi connectivity index (χ2v) is 6.04. The molecular weight excluding hydrogens is 290 g/mol. The quantitative estimate of drug-likeness (QED) is 0.866. The van der Waals surface area contributed by atoms with Gasteiger partial charge < -0.3 is 14.2 Å². The van der Waals surface area contributed by atoms with E-state index in [9.17, 15) is 4.79 Å². The Hall–Kier alpha value is -1.89. The maximum Gasteiger partial charge on any atom is 0.260 e. The molecule has 0 bridgehead atoms. The highest BCUT2D eigenvalue weighted by atomic mass is 32.1. The summed E-state index contributed by atoms with van der Waals surface area (Å²) in [5.74, 6) is 1.35. The number of carbonyl (C=O) groups excluding carboxylic acids is 1. The largest absolute Gasteiger partial charge is 0.465 e. The molecular formula is C14H17N3O3S. The molecule has 1 amide bonds. The predicted octanol–water partition coefficient (Wildman–Crippen LogP) is 2.22. The zero-order valence-corrected chi connectivity index (χ0v) is 12.6. The smallest absolute Gasteiger partial charge is 0.260 e. The van der Waals surface area contributed by atoms with Crippen LogP contribution in [0, 0.1) is 6.92 Å². The van der Waals surface area contributed by atoms with E-state index >= 15 is 0 Å². The van der Waals surface area contributed by atoms with E-state index in [-0.39, 0.29) is 12.5 Å². The third kappa shape index (κ3) is 3.41. The minimum Gasteiger partial charge on any atom is -0.465 e. The molecule has 2 aromatic rings. The first-order chi connectivity index (χ1) is 10.2. The normalized spacial score (nSPS) is 18.7. The molecule has 2 aromatic heterocycles. The van der Waals surface area contributed by atoms with Gasteiger partial charge in [-0.25, -0.2) is 4.98 Å². The summed E-state index contributed by atoms with van der Waals surface area (Å²) in [5, 5.41) is 6.80. The SMILES string of the molecule is Cc1cc(OCC(=O)N2CCC[C@H](c3nccs3)C2)no1. The second-order valence-electron chi connectivity index (χ2n) is 5.11. The Morgan fingerprint density at radius 2 is 2.52 bits per heavy atom. The van der Waals surface area contributed by atoms with Gasteiger partial charge in [-0.15, -0.1) is 11.3 Å². The molecule has 0 saturated carbocycles. The Labute approximate surface area is 126 Å². The van der Waals surface area contributed by atoms with Crippen molar-refractivity contribution in [3.8, 4) is 5.88 Å². The first-order valence-electron chi connectivity index (χ1n) is 6.95. The lowest BCUT2D eigenvalue weighted by molar-refractivity contribution is -0.134. The molecule has 0 spiro atoms. The molecule has 0 N–H and O–H groups in total.